The first-order valence-electron chi connectivity index (χ1n) is 3.04. The summed E-state index contributed by atoms with van der Waals surface area (Å²) < 4.78 is 24.9. The van der Waals surface area contributed by atoms with Crippen molar-refractivity contribution in [2.45, 2.75) is 0 Å². The molecule has 1 aromatic carbocycles. The monoisotopic (exact) mass is 173 g/mol. The van der Waals surface area contributed by atoms with Crippen LogP contribution in [0.1, 0.15) is 0 Å². The van der Waals surface area contributed by atoms with Gasteiger partial charge in [-0.05, 0) is 12.1 Å². The third-order valence-corrected chi connectivity index (χ3v) is 1.17. The van der Waals surface area contributed by atoms with E-state index >= 15 is 0 Å². The van der Waals surface area contributed by atoms with E-state index in [0.29, 0.717) is 6.07 Å². The SMILES string of the molecule is O=C(O)Nc1ccc(F)cc1F. The molecule has 0 saturated heterocycles. The Bertz CT molecular complexity index is 314. The van der Waals surface area contributed by atoms with Gasteiger partial charge in [0, 0.05) is 6.07 Å². The molecule has 3 nitrogen and oxygen atoms in total. The first-order valence-corrected chi connectivity index (χ1v) is 3.04. The molecule has 0 heterocycles. The van der Waals surface area contributed by atoms with Gasteiger partial charge in [0.2, 0.25) is 0 Å². The maximum Gasteiger partial charge on any atom is 0.409 e. The minimum absolute atomic E-state index is 0.260. The van der Waals surface area contributed by atoms with E-state index in [-0.39, 0.29) is 5.69 Å². The van der Waals surface area contributed by atoms with Crippen LogP contribution < -0.4 is 5.32 Å². The van der Waals surface area contributed by atoms with Gasteiger partial charge in [0.05, 0.1) is 5.69 Å². The number of carbonyl (C=O) groups is 1. The van der Waals surface area contributed by atoms with E-state index in [2.05, 4.69) is 0 Å². The third-order valence-electron chi connectivity index (χ3n) is 1.17. The van der Waals surface area contributed by atoms with E-state index in [1.54, 1.807) is 5.32 Å². The van der Waals surface area contributed by atoms with Crippen molar-refractivity contribution in [3.05, 3.63) is 29.8 Å². The second-order valence-corrected chi connectivity index (χ2v) is 2.05. The smallest absolute Gasteiger partial charge is 0.409 e. The molecule has 0 atom stereocenters. The van der Waals surface area contributed by atoms with Crippen LogP contribution in [0.3, 0.4) is 0 Å². The number of rotatable bonds is 1. The fourth-order valence-electron chi connectivity index (χ4n) is 0.706. The number of hydrogen-bond acceptors (Lipinski definition) is 1. The minimum atomic E-state index is -1.39. The van der Waals surface area contributed by atoms with Crippen molar-refractivity contribution in [1.29, 1.82) is 0 Å². The van der Waals surface area contributed by atoms with Crippen molar-refractivity contribution >= 4 is 11.8 Å². The van der Waals surface area contributed by atoms with Crippen LogP contribution in [0.4, 0.5) is 19.3 Å². The van der Waals surface area contributed by atoms with E-state index in [9.17, 15) is 13.6 Å². The number of halogens is 2. The number of hydrogen-bond donors (Lipinski definition) is 2. The summed E-state index contributed by atoms with van der Waals surface area (Å²) >= 11 is 0. The summed E-state index contributed by atoms with van der Waals surface area (Å²) in [7, 11) is 0. The van der Waals surface area contributed by atoms with Gasteiger partial charge in [-0.3, -0.25) is 5.32 Å². The highest BCUT2D eigenvalue weighted by Crippen LogP contribution is 2.14. The average Bonchev–Trinajstić information content (AvgIpc) is 1.94. The molecular formula is C7H5F2NO2. The van der Waals surface area contributed by atoms with E-state index in [1.165, 1.54) is 0 Å². The second kappa shape index (κ2) is 3.17. The number of anilines is 1. The molecule has 0 spiro atoms. The molecule has 0 aliphatic rings. The van der Waals surface area contributed by atoms with Gasteiger partial charge in [0.1, 0.15) is 11.6 Å². The number of amides is 1. The summed E-state index contributed by atoms with van der Waals surface area (Å²) in [5, 5.41) is 9.96. The van der Waals surface area contributed by atoms with Crippen molar-refractivity contribution in [1.82, 2.24) is 0 Å². The molecule has 0 aliphatic heterocycles. The maximum absolute atomic E-state index is 12.6. The highest BCUT2D eigenvalue weighted by Gasteiger charge is 2.05. The Labute approximate surface area is 66.6 Å². The van der Waals surface area contributed by atoms with Crippen molar-refractivity contribution in [3.63, 3.8) is 0 Å². The molecule has 1 rings (SSSR count). The number of nitrogens with one attached hydrogen (secondary N) is 1. The molecule has 0 fully saturated rings. The topological polar surface area (TPSA) is 49.3 Å². The first kappa shape index (κ1) is 8.45. The van der Waals surface area contributed by atoms with Gasteiger partial charge >= 0.3 is 6.09 Å². The second-order valence-electron chi connectivity index (χ2n) is 2.05. The predicted octanol–water partition coefficient (Wildman–Crippen LogP) is 2.05. The van der Waals surface area contributed by atoms with Crippen molar-refractivity contribution < 1.29 is 18.7 Å². The van der Waals surface area contributed by atoms with E-state index in [1.807, 2.05) is 0 Å². The molecule has 0 bridgehead atoms. The van der Waals surface area contributed by atoms with Gasteiger partial charge in [0.15, 0.2) is 0 Å². The summed E-state index contributed by atoms with van der Waals surface area (Å²) in [4.78, 5) is 10.0. The average molecular weight is 173 g/mol. The molecule has 0 unspecified atom stereocenters. The van der Waals surface area contributed by atoms with Gasteiger partial charge in [0.25, 0.3) is 0 Å². The fraction of sp³-hybridized carbons (Fsp3) is 0. The van der Waals surface area contributed by atoms with Gasteiger partial charge in [-0.15, -0.1) is 0 Å². The zero-order chi connectivity index (χ0) is 9.14. The standard InChI is InChI=1S/C7H5F2NO2/c8-4-1-2-6(5(9)3-4)10-7(11)12/h1-3,10H,(H,11,12). The summed E-state index contributed by atoms with van der Waals surface area (Å²) in [5.41, 5.74) is -0.260. The summed E-state index contributed by atoms with van der Waals surface area (Å²) in [5.74, 6) is -1.68. The van der Waals surface area contributed by atoms with Gasteiger partial charge in [-0.25, -0.2) is 13.6 Å². The van der Waals surface area contributed by atoms with Crippen LogP contribution in [-0.4, -0.2) is 11.2 Å². The molecule has 2 N–H and O–H groups in total. The van der Waals surface area contributed by atoms with E-state index in [4.69, 9.17) is 5.11 Å². The molecule has 1 amide bonds. The molecule has 0 saturated carbocycles. The van der Waals surface area contributed by atoms with Crippen LogP contribution in [0.5, 0.6) is 0 Å². The lowest BCUT2D eigenvalue weighted by Crippen LogP contribution is -2.08. The molecular weight excluding hydrogens is 168 g/mol. The van der Waals surface area contributed by atoms with Crippen LogP contribution in [0.15, 0.2) is 18.2 Å². The zero-order valence-corrected chi connectivity index (χ0v) is 5.84. The van der Waals surface area contributed by atoms with Crippen LogP contribution in [-0.2, 0) is 0 Å². The largest absolute Gasteiger partial charge is 0.465 e. The van der Waals surface area contributed by atoms with Gasteiger partial charge in [-0.2, -0.15) is 0 Å². The van der Waals surface area contributed by atoms with E-state index < -0.39 is 17.7 Å². The lowest BCUT2D eigenvalue weighted by Gasteiger charge is -2.00. The highest BCUT2D eigenvalue weighted by atomic mass is 19.1. The van der Waals surface area contributed by atoms with Crippen molar-refractivity contribution in [2.24, 2.45) is 0 Å². The molecule has 0 radical (unpaired) electrons. The molecule has 0 aliphatic carbocycles. The summed E-state index contributed by atoms with van der Waals surface area (Å²) in [6.45, 7) is 0. The van der Waals surface area contributed by atoms with Crippen LogP contribution in [0.25, 0.3) is 0 Å². The van der Waals surface area contributed by atoms with Crippen LogP contribution >= 0.6 is 0 Å². The molecule has 12 heavy (non-hydrogen) atoms. The third kappa shape index (κ3) is 1.91. The Kier molecular flexibility index (Phi) is 2.23. The lowest BCUT2D eigenvalue weighted by atomic mass is 10.3. The molecule has 1 aromatic rings. The number of carboxylic acid groups (broad SMARTS) is 1. The van der Waals surface area contributed by atoms with Crippen LogP contribution in [0.2, 0.25) is 0 Å². The first-order chi connectivity index (χ1) is 5.59. The van der Waals surface area contributed by atoms with E-state index in [0.717, 1.165) is 12.1 Å². The van der Waals surface area contributed by atoms with Crippen LogP contribution in [0, 0.1) is 11.6 Å². The maximum atomic E-state index is 12.6. The van der Waals surface area contributed by atoms with Crippen molar-refractivity contribution in [2.75, 3.05) is 5.32 Å². The molecule has 64 valence electrons. The van der Waals surface area contributed by atoms with Crippen molar-refractivity contribution in [3.8, 4) is 0 Å². The normalized spacial score (nSPS) is 9.50. The van der Waals surface area contributed by atoms with Gasteiger partial charge in [-0.1, -0.05) is 0 Å². The summed E-state index contributed by atoms with van der Waals surface area (Å²) in [6, 6.07) is 2.58. The Morgan fingerprint density at radius 3 is 2.58 bits per heavy atom. The summed E-state index contributed by atoms with van der Waals surface area (Å²) in [6.07, 6.45) is -1.39. The lowest BCUT2D eigenvalue weighted by molar-refractivity contribution is 0.209. The Morgan fingerprint density at radius 2 is 2.08 bits per heavy atom. The zero-order valence-electron chi connectivity index (χ0n) is 5.84. The Morgan fingerprint density at radius 1 is 1.42 bits per heavy atom. The highest BCUT2D eigenvalue weighted by molar-refractivity contribution is 5.82. The molecule has 5 heteroatoms. The molecule has 0 aromatic heterocycles. The Hall–Kier alpha value is -1.65. The Balaban J connectivity index is 2.93. The number of benzene rings is 1. The van der Waals surface area contributed by atoms with Gasteiger partial charge < -0.3 is 5.11 Å². The predicted molar refractivity (Wildman–Crippen MR) is 38.0 cm³/mol. The minimum Gasteiger partial charge on any atom is -0.465 e. The fourth-order valence-corrected chi connectivity index (χ4v) is 0.706. The quantitative estimate of drug-likeness (QED) is 0.682.